The van der Waals surface area contributed by atoms with Gasteiger partial charge in [-0.15, -0.1) is 5.10 Å². The number of rotatable bonds is 5. The lowest BCUT2D eigenvalue weighted by Gasteiger charge is -2.07. The first-order valence-corrected chi connectivity index (χ1v) is 5.80. The number of nitrogens with zero attached hydrogens (tertiary/aromatic N) is 2. The highest BCUT2D eigenvalue weighted by atomic mass is 35.5. The molecule has 0 aliphatic heterocycles. The third-order valence-corrected chi connectivity index (χ3v) is 2.45. The highest BCUT2D eigenvalue weighted by Gasteiger charge is 2.09. The second-order valence-corrected chi connectivity index (χ2v) is 3.99. The van der Waals surface area contributed by atoms with Gasteiger partial charge in [-0.1, -0.05) is 11.6 Å². The predicted molar refractivity (Wildman–Crippen MR) is 68.5 cm³/mol. The maximum Gasteiger partial charge on any atom is 0.336 e. The van der Waals surface area contributed by atoms with E-state index in [-0.39, 0.29) is 29.3 Å². The number of aromatic amines is 1. The Morgan fingerprint density at radius 3 is 3.00 bits per heavy atom. The summed E-state index contributed by atoms with van der Waals surface area (Å²) in [6, 6.07) is 3.71. The molecule has 1 amide bonds. The van der Waals surface area contributed by atoms with E-state index in [1.54, 1.807) is 0 Å². The number of aromatic nitrogens is 3. The average Bonchev–Trinajstić information content (AvgIpc) is 2.85. The van der Waals surface area contributed by atoms with Crippen molar-refractivity contribution >= 4 is 23.5 Å². The van der Waals surface area contributed by atoms with Crippen LogP contribution < -0.4 is 14.8 Å². The first-order chi connectivity index (χ1) is 9.58. The van der Waals surface area contributed by atoms with Crippen LogP contribution in [0.5, 0.6) is 11.8 Å². The summed E-state index contributed by atoms with van der Waals surface area (Å²) in [6.45, 7) is -0.311. The van der Waals surface area contributed by atoms with Crippen molar-refractivity contribution in [3.63, 3.8) is 0 Å². The number of benzene rings is 1. The number of nitrogens with one attached hydrogen (secondary N) is 2. The van der Waals surface area contributed by atoms with Crippen LogP contribution in [0.25, 0.3) is 0 Å². The summed E-state index contributed by atoms with van der Waals surface area (Å²) in [5, 5.41) is 8.60. The van der Waals surface area contributed by atoms with Gasteiger partial charge in [-0.25, -0.2) is 9.49 Å². The van der Waals surface area contributed by atoms with Crippen LogP contribution in [-0.4, -0.2) is 34.8 Å². The van der Waals surface area contributed by atoms with Gasteiger partial charge < -0.3 is 9.47 Å². The van der Waals surface area contributed by atoms with Gasteiger partial charge in [0.2, 0.25) is 5.95 Å². The molecule has 0 unspecified atom stereocenters. The van der Waals surface area contributed by atoms with Gasteiger partial charge in [0.05, 0.1) is 12.1 Å². The van der Waals surface area contributed by atoms with Crippen molar-refractivity contribution in [2.75, 3.05) is 19.0 Å². The Balaban J connectivity index is 1.88. The molecule has 0 atom stereocenters. The molecule has 0 aliphatic rings. The Bertz CT molecular complexity index is 619. The van der Waals surface area contributed by atoms with Crippen LogP contribution in [-0.2, 0) is 4.79 Å². The Morgan fingerprint density at radius 1 is 1.55 bits per heavy atom. The van der Waals surface area contributed by atoms with Crippen molar-refractivity contribution < 1.29 is 18.7 Å². The molecule has 0 saturated heterocycles. The molecule has 1 aromatic carbocycles. The highest BCUT2D eigenvalue weighted by molar-refractivity contribution is 6.32. The fraction of sp³-hybridized carbons (Fsp3) is 0.182. The van der Waals surface area contributed by atoms with Gasteiger partial charge >= 0.3 is 6.01 Å². The molecule has 2 rings (SSSR count). The maximum absolute atomic E-state index is 12.8. The number of hydrogen-bond donors (Lipinski definition) is 2. The van der Waals surface area contributed by atoms with Crippen LogP contribution in [0.1, 0.15) is 0 Å². The fourth-order valence-corrected chi connectivity index (χ4v) is 1.52. The highest BCUT2D eigenvalue weighted by Crippen LogP contribution is 2.24. The number of carbonyl (C=O) groups excluding carboxylic acids is 1. The van der Waals surface area contributed by atoms with Crippen molar-refractivity contribution in [3.8, 4) is 11.8 Å². The Morgan fingerprint density at radius 2 is 2.35 bits per heavy atom. The van der Waals surface area contributed by atoms with Gasteiger partial charge in [-0.05, 0) is 18.2 Å². The van der Waals surface area contributed by atoms with E-state index in [4.69, 9.17) is 21.1 Å². The number of methoxy groups -OCH3 is 1. The van der Waals surface area contributed by atoms with E-state index in [1.807, 2.05) is 0 Å². The molecule has 0 bridgehead atoms. The van der Waals surface area contributed by atoms with E-state index < -0.39 is 11.7 Å². The third-order valence-electron chi connectivity index (χ3n) is 2.16. The molecular formula is C11H10ClFN4O3. The molecule has 2 N–H and O–H groups in total. The Labute approximate surface area is 118 Å². The van der Waals surface area contributed by atoms with Gasteiger partial charge in [0.1, 0.15) is 11.6 Å². The summed E-state index contributed by atoms with van der Waals surface area (Å²) < 4.78 is 22.7. The van der Waals surface area contributed by atoms with Crippen LogP contribution >= 0.6 is 11.6 Å². The molecule has 9 heteroatoms. The zero-order valence-electron chi connectivity index (χ0n) is 10.3. The van der Waals surface area contributed by atoms with Gasteiger partial charge in [0, 0.05) is 0 Å². The molecule has 2 aromatic rings. The zero-order valence-corrected chi connectivity index (χ0v) is 11.1. The number of ether oxygens (including phenoxy) is 2. The van der Waals surface area contributed by atoms with Crippen LogP contribution in [0.15, 0.2) is 18.2 Å². The smallest absolute Gasteiger partial charge is 0.336 e. The second-order valence-electron chi connectivity index (χ2n) is 3.58. The topological polar surface area (TPSA) is 89.1 Å². The van der Waals surface area contributed by atoms with Crippen molar-refractivity contribution in [1.29, 1.82) is 0 Å². The van der Waals surface area contributed by atoms with E-state index in [2.05, 4.69) is 20.5 Å². The zero-order chi connectivity index (χ0) is 14.5. The van der Waals surface area contributed by atoms with Crippen molar-refractivity contribution in [2.24, 2.45) is 0 Å². The lowest BCUT2D eigenvalue weighted by Crippen LogP contribution is -2.21. The first-order valence-electron chi connectivity index (χ1n) is 5.42. The Kier molecular flexibility index (Phi) is 4.36. The van der Waals surface area contributed by atoms with E-state index >= 15 is 0 Å². The fourth-order valence-electron chi connectivity index (χ4n) is 1.30. The molecule has 0 radical (unpaired) electrons. The lowest BCUT2D eigenvalue weighted by molar-refractivity contribution is -0.118. The van der Waals surface area contributed by atoms with E-state index in [0.717, 1.165) is 6.07 Å². The minimum Gasteiger partial charge on any atom is -0.482 e. The number of amides is 1. The van der Waals surface area contributed by atoms with E-state index in [0.29, 0.717) is 0 Å². The number of hydrogen-bond acceptors (Lipinski definition) is 5. The molecule has 7 nitrogen and oxygen atoms in total. The van der Waals surface area contributed by atoms with Gasteiger partial charge in [0.15, 0.2) is 6.61 Å². The second kappa shape index (κ2) is 6.20. The van der Waals surface area contributed by atoms with Crippen LogP contribution in [0.4, 0.5) is 10.3 Å². The summed E-state index contributed by atoms with van der Waals surface area (Å²) in [7, 11) is 1.40. The normalized spacial score (nSPS) is 10.2. The predicted octanol–water partition coefficient (Wildman–Crippen LogP) is 1.62. The summed E-state index contributed by atoms with van der Waals surface area (Å²) in [6.07, 6.45) is 0. The molecular weight excluding hydrogens is 291 g/mol. The summed E-state index contributed by atoms with van der Waals surface area (Å²) >= 11 is 5.75. The van der Waals surface area contributed by atoms with Gasteiger partial charge in [0.25, 0.3) is 5.91 Å². The molecule has 20 heavy (non-hydrogen) atoms. The molecule has 0 saturated carbocycles. The number of carbonyl (C=O) groups is 1. The standard InChI is InChI=1S/C11H10ClFN4O3/c1-19-11-15-10(16-17-11)14-9(18)5-20-8-3-2-6(13)4-7(8)12/h2-4H,5H2,1H3,(H2,14,15,16,17,18). The number of halogens is 2. The Hall–Kier alpha value is -2.35. The van der Waals surface area contributed by atoms with Crippen molar-refractivity contribution in [2.45, 2.75) is 0 Å². The number of H-pyrrole nitrogens is 1. The van der Waals surface area contributed by atoms with Gasteiger partial charge in [-0.2, -0.15) is 4.98 Å². The van der Waals surface area contributed by atoms with Crippen LogP contribution in [0, 0.1) is 5.82 Å². The minimum atomic E-state index is -0.486. The average molecular weight is 301 g/mol. The largest absolute Gasteiger partial charge is 0.482 e. The minimum absolute atomic E-state index is 0.0825. The SMILES string of the molecule is COc1n[nH]c(NC(=O)COc2ccc(F)cc2Cl)n1. The summed E-state index contributed by atoms with van der Waals surface area (Å²) in [5.74, 6) is -0.635. The molecule has 1 heterocycles. The first kappa shape index (κ1) is 14.1. The van der Waals surface area contributed by atoms with Crippen LogP contribution in [0.2, 0.25) is 5.02 Å². The molecule has 0 fully saturated rings. The lowest BCUT2D eigenvalue weighted by atomic mass is 10.3. The number of anilines is 1. The third kappa shape index (κ3) is 3.58. The summed E-state index contributed by atoms with van der Waals surface area (Å²) in [4.78, 5) is 15.4. The van der Waals surface area contributed by atoms with E-state index in [1.165, 1.54) is 19.2 Å². The van der Waals surface area contributed by atoms with E-state index in [9.17, 15) is 9.18 Å². The monoisotopic (exact) mass is 300 g/mol. The summed E-state index contributed by atoms with van der Waals surface area (Å²) in [5.41, 5.74) is 0. The maximum atomic E-state index is 12.8. The van der Waals surface area contributed by atoms with Crippen molar-refractivity contribution in [1.82, 2.24) is 15.2 Å². The molecule has 1 aromatic heterocycles. The quantitative estimate of drug-likeness (QED) is 0.876. The van der Waals surface area contributed by atoms with Gasteiger partial charge in [-0.3, -0.25) is 10.1 Å². The molecule has 106 valence electrons. The molecule has 0 aliphatic carbocycles. The molecule has 0 spiro atoms. The van der Waals surface area contributed by atoms with Crippen molar-refractivity contribution in [3.05, 3.63) is 29.0 Å². The van der Waals surface area contributed by atoms with Crippen LogP contribution in [0.3, 0.4) is 0 Å².